The van der Waals surface area contributed by atoms with Crippen molar-refractivity contribution in [1.82, 2.24) is 4.98 Å². The van der Waals surface area contributed by atoms with Gasteiger partial charge in [-0.15, -0.1) is 0 Å². The SMILES string of the molecule is CC1(C)CC[C@]2(C(=O)OCc3ccccc3)CC[C@]3(C)C(=C(c4cccnc4)CC4[C@@]5(C)CCC(=O)C(C)(C)[C@@H]5CC[C@]43C)[C@@H]2C1. The number of Topliss-reactive ketones (excluding diaryl/α,β-unsaturated/α-hetero) is 1. The molecule has 1 unspecified atom stereocenters. The molecule has 0 saturated heterocycles. The molecule has 7 rings (SSSR count). The van der Waals surface area contributed by atoms with Crippen LogP contribution in [0.15, 0.2) is 60.4 Å². The number of aromatic nitrogens is 1. The van der Waals surface area contributed by atoms with Crippen LogP contribution in [0.5, 0.6) is 0 Å². The van der Waals surface area contributed by atoms with E-state index in [2.05, 4.69) is 71.8 Å². The number of allylic oxidation sites excluding steroid dienone is 2. The fourth-order valence-electron chi connectivity index (χ4n) is 12.2. The molecule has 2 aromatic rings. The summed E-state index contributed by atoms with van der Waals surface area (Å²) in [7, 11) is 0. The molecule has 4 saturated carbocycles. The smallest absolute Gasteiger partial charge is 0.313 e. The quantitative estimate of drug-likeness (QED) is 0.319. The molecule has 1 aromatic heterocycles. The zero-order valence-corrected chi connectivity index (χ0v) is 29.4. The van der Waals surface area contributed by atoms with Crippen LogP contribution >= 0.6 is 0 Å². The van der Waals surface area contributed by atoms with Crippen LogP contribution in [0, 0.1) is 50.2 Å². The Kier molecular flexibility index (Phi) is 7.35. The van der Waals surface area contributed by atoms with Gasteiger partial charge in [0.05, 0.1) is 5.41 Å². The molecule has 0 N–H and O–H groups in total. The van der Waals surface area contributed by atoms with Crippen molar-refractivity contribution in [2.45, 2.75) is 119 Å². The van der Waals surface area contributed by atoms with E-state index in [0.717, 1.165) is 63.4 Å². The number of fused-ring (bicyclic) bond motifs is 7. The summed E-state index contributed by atoms with van der Waals surface area (Å²) in [4.78, 5) is 32.6. The number of ketones is 1. The second-order valence-electron chi connectivity index (χ2n) is 18.0. The van der Waals surface area contributed by atoms with Gasteiger partial charge in [-0.1, -0.05) is 90.4 Å². The van der Waals surface area contributed by atoms with Gasteiger partial charge in [0.25, 0.3) is 0 Å². The van der Waals surface area contributed by atoms with E-state index in [1.54, 1.807) is 5.57 Å². The summed E-state index contributed by atoms with van der Waals surface area (Å²) in [5.74, 6) is 1.45. The van der Waals surface area contributed by atoms with Crippen LogP contribution in [0.4, 0.5) is 0 Å². The average Bonchev–Trinajstić information content (AvgIpc) is 3.03. The van der Waals surface area contributed by atoms with Gasteiger partial charge < -0.3 is 4.74 Å². The van der Waals surface area contributed by atoms with Crippen molar-refractivity contribution in [1.29, 1.82) is 0 Å². The number of esters is 1. The van der Waals surface area contributed by atoms with E-state index >= 15 is 0 Å². The fraction of sp³-hybridized carbons (Fsp3) is 0.643. The Hall–Kier alpha value is -2.75. The van der Waals surface area contributed by atoms with Crippen LogP contribution in [-0.4, -0.2) is 16.7 Å². The van der Waals surface area contributed by atoms with Crippen LogP contribution in [0.2, 0.25) is 0 Å². The highest BCUT2D eigenvalue weighted by atomic mass is 16.5. The molecule has 5 aliphatic carbocycles. The molecular weight excluding hydrogens is 566 g/mol. The molecule has 0 bridgehead atoms. The standard InChI is InChI=1S/C42H55NO3/c1-37(2)19-21-42(36(45)46-27-28-12-9-8-10-13-28)22-20-41(7)35(31(42)25-37)30(29-14-11-23-43-26-29)24-33-39(5)17-16-34(44)38(3,4)32(39)15-18-40(33,41)6/h8-14,23,26,31-33H,15-22,24-25,27H2,1-7H3/t31-,32-,33?,39-,40+,41+,42-/m0/s1. The number of rotatable bonds is 4. The summed E-state index contributed by atoms with van der Waals surface area (Å²) in [6, 6.07) is 14.5. The maximum Gasteiger partial charge on any atom is 0.313 e. The number of hydrogen-bond acceptors (Lipinski definition) is 4. The van der Waals surface area contributed by atoms with E-state index in [-0.39, 0.29) is 39.0 Å². The monoisotopic (exact) mass is 621 g/mol. The van der Waals surface area contributed by atoms with E-state index in [4.69, 9.17) is 4.74 Å². The third kappa shape index (κ3) is 4.47. The van der Waals surface area contributed by atoms with Gasteiger partial charge in [0.1, 0.15) is 12.4 Å². The highest BCUT2D eigenvalue weighted by molar-refractivity contribution is 5.86. The van der Waals surface area contributed by atoms with Crippen LogP contribution in [0.3, 0.4) is 0 Å². The minimum Gasteiger partial charge on any atom is -0.460 e. The van der Waals surface area contributed by atoms with E-state index in [9.17, 15) is 9.59 Å². The lowest BCUT2D eigenvalue weighted by molar-refractivity contribution is -0.190. The Labute approximate surface area is 277 Å². The number of carbonyl (C=O) groups is 2. The first kappa shape index (κ1) is 31.8. The number of ether oxygens (including phenoxy) is 1. The Morgan fingerprint density at radius 3 is 2.33 bits per heavy atom. The first-order valence-corrected chi connectivity index (χ1v) is 18.1. The topological polar surface area (TPSA) is 56.3 Å². The molecule has 4 heteroatoms. The summed E-state index contributed by atoms with van der Waals surface area (Å²) in [6.07, 6.45) is 13.7. The highest BCUT2D eigenvalue weighted by Gasteiger charge is 2.70. The average molecular weight is 622 g/mol. The number of nitrogens with zero attached hydrogens (tertiary/aromatic N) is 1. The van der Waals surface area contributed by atoms with Gasteiger partial charge in [-0.3, -0.25) is 14.6 Å². The maximum absolute atomic E-state index is 14.6. The molecule has 0 spiro atoms. The molecule has 4 fully saturated rings. The Bertz CT molecular complexity index is 1560. The fourth-order valence-corrected chi connectivity index (χ4v) is 12.2. The van der Waals surface area contributed by atoms with Crippen LogP contribution < -0.4 is 0 Å². The third-order valence-corrected chi connectivity index (χ3v) is 15.1. The second kappa shape index (κ2) is 10.6. The normalized spacial score (nSPS) is 39.4. The van der Waals surface area contributed by atoms with E-state index in [1.807, 2.05) is 36.5 Å². The van der Waals surface area contributed by atoms with E-state index < -0.39 is 5.41 Å². The minimum atomic E-state index is -0.504. The van der Waals surface area contributed by atoms with Crippen LogP contribution in [0.25, 0.3) is 5.57 Å². The summed E-state index contributed by atoms with van der Waals surface area (Å²) < 4.78 is 6.30. The number of benzene rings is 1. The number of hydrogen-bond donors (Lipinski definition) is 0. The largest absolute Gasteiger partial charge is 0.460 e. The lowest BCUT2D eigenvalue weighted by Gasteiger charge is -2.71. The predicted molar refractivity (Wildman–Crippen MR) is 183 cm³/mol. The molecule has 46 heavy (non-hydrogen) atoms. The molecule has 246 valence electrons. The summed E-state index contributed by atoms with van der Waals surface area (Å²) >= 11 is 0. The van der Waals surface area contributed by atoms with Crippen molar-refractivity contribution in [2.24, 2.45) is 50.2 Å². The van der Waals surface area contributed by atoms with Crippen molar-refractivity contribution in [3.05, 3.63) is 71.6 Å². The van der Waals surface area contributed by atoms with Gasteiger partial charge in [-0.25, -0.2) is 0 Å². The lowest BCUT2D eigenvalue weighted by atomic mass is 9.32. The van der Waals surface area contributed by atoms with Crippen molar-refractivity contribution in [3.63, 3.8) is 0 Å². The van der Waals surface area contributed by atoms with Crippen molar-refractivity contribution >= 4 is 17.3 Å². The maximum atomic E-state index is 14.6. The third-order valence-electron chi connectivity index (χ3n) is 15.1. The Morgan fingerprint density at radius 1 is 0.870 bits per heavy atom. The summed E-state index contributed by atoms with van der Waals surface area (Å²) in [5.41, 5.74) is 4.72. The summed E-state index contributed by atoms with van der Waals surface area (Å²) in [6.45, 7) is 17.3. The van der Waals surface area contributed by atoms with Crippen LogP contribution in [-0.2, 0) is 20.9 Å². The zero-order chi connectivity index (χ0) is 32.8. The van der Waals surface area contributed by atoms with Gasteiger partial charge in [-0.2, -0.15) is 0 Å². The van der Waals surface area contributed by atoms with E-state index in [0.29, 0.717) is 30.6 Å². The number of carbonyl (C=O) groups excluding carboxylic acids is 2. The molecular formula is C42H55NO3. The molecule has 0 radical (unpaired) electrons. The van der Waals surface area contributed by atoms with Gasteiger partial charge >= 0.3 is 5.97 Å². The highest BCUT2D eigenvalue weighted by Crippen LogP contribution is 2.77. The van der Waals surface area contributed by atoms with Gasteiger partial charge in [0.2, 0.25) is 0 Å². The Morgan fingerprint density at radius 2 is 1.61 bits per heavy atom. The zero-order valence-electron chi connectivity index (χ0n) is 29.4. The van der Waals surface area contributed by atoms with Gasteiger partial charge in [0.15, 0.2) is 0 Å². The second-order valence-corrected chi connectivity index (χ2v) is 18.0. The van der Waals surface area contributed by atoms with Gasteiger partial charge in [-0.05, 0) is 120 Å². The molecule has 0 aliphatic heterocycles. The molecule has 7 atom stereocenters. The molecule has 0 amide bonds. The summed E-state index contributed by atoms with van der Waals surface area (Å²) in [5, 5.41) is 0. The van der Waals surface area contributed by atoms with Crippen molar-refractivity contribution in [2.75, 3.05) is 0 Å². The van der Waals surface area contributed by atoms with Crippen molar-refractivity contribution in [3.8, 4) is 0 Å². The predicted octanol–water partition coefficient (Wildman–Crippen LogP) is 10.0. The number of pyridine rings is 1. The first-order valence-electron chi connectivity index (χ1n) is 18.1. The molecule has 1 aromatic carbocycles. The minimum absolute atomic E-state index is 0.00688. The van der Waals surface area contributed by atoms with Crippen LogP contribution in [0.1, 0.15) is 124 Å². The first-order chi connectivity index (χ1) is 21.7. The Balaban J connectivity index is 1.39. The van der Waals surface area contributed by atoms with E-state index in [1.165, 1.54) is 11.1 Å². The van der Waals surface area contributed by atoms with Gasteiger partial charge in [0, 0.05) is 24.2 Å². The molecule has 4 nitrogen and oxygen atoms in total. The molecule has 1 heterocycles. The molecule has 5 aliphatic rings. The van der Waals surface area contributed by atoms with Crippen molar-refractivity contribution < 1.29 is 14.3 Å². The lowest BCUT2D eigenvalue weighted by Crippen LogP contribution is -2.65.